The molecule has 1 saturated heterocycles. The van der Waals surface area contributed by atoms with Gasteiger partial charge in [-0.2, -0.15) is 0 Å². The van der Waals surface area contributed by atoms with Crippen LogP contribution in [0.25, 0.3) is 10.2 Å². The normalized spacial score (nSPS) is 17.4. The summed E-state index contributed by atoms with van der Waals surface area (Å²) in [6.45, 7) is 3.83. The van der Waals surface area contributed by atoms with E-state index in [1.807, 2.05) is 30.0 Å². The first-order valence-electron chi connectivity index (χ1n) is 7.05. The summed E-state index contributed by atoms with van der Waals surface area (Å²) < 4.78 is 2.18. The van der Waals surface area contributed by atoms with Crippen molar-refractivity contribution in [2.45, 2.75) is 35.8 Å². The average molecular weight is 306 g/mol. The van der Waals surface area contributed by atoms with Crippen LogP contribution in [0.15, 0.2) is 28.6 Å². The zero-order valence-corrected chi connectivity index (χ0v) is 13.2. The molecule has 20 heavy (non-hydrogen) atoms. The van der Waals surface area contributed by atoms with Crippen LogP contribution in [-0.4, -0.2) is 34.1 Å². The van der Waals surface area contributed by atoms with E-state index in [-0.39, 0.29) is 11.2 Å². The van der Waals surface area contributed by atoms with Crippen LogP contribution >= 0.6 is 23.1 Å². The minimum atomic E-state index is -0.0475. The summed E-state index contributed by atoms with van der Waals surface area (Å²) in [5.41, 5.74) is 1.03. The number of benzene rings is 1. The molecule has 1 aliphatic heterocycles. The highest BCUT2D eigenvalue weighted by Gasteiger charge is 2.23. The van der Waals surface area contributed by atoms with Crippen molar-refractivity contribution in [3.05, 3.63) is 24.3 Å². The Morgan fingerprint density at radius 3 is 2.80 bits per heavy atom. The highest BCUT2D eigenvalue weighted by molar-refractivity contribution is 8.02. The monoisotopic (exact) mass is 306 g/mol. The summed E-state index contributed by atoms with van der Waals surface area (Å²) in [6, 6.07) is 8.12. The number of likely N-dealkylation sites (tertiary alicyclic amines) is 1. The summed E-state index contributed by atoms with van der Waals surface area (Å²) in [5, 5.41) is -0.0475. The van der Waals surface area contributed by atoms with Crippen molar-refractivity contribution in [3.63, 3.8) is 0 Å². The lowest BCUT2D eigenvalue weighted by Crippen LogP contribution is -2.40. The molecule has 3 nitrogen and oxygen atoms in total. The van der Waals surface area contributed by atoms with Crippen molar-refractivity contribution >= 4 is 39.2 Å². The Balaban J connectivity index is 1.68. The third kappa shape index (κ3) is 2.99. The van der Waals surface area contributed by atoms with E-state index in [1.165, 1.54) is 11.1 Å². The van der Waals surface area contributed by atoms with Crippen LogP contribution in [0, 0.1) is 0 Å². The highest BCUT2D eigenvalue weighted by atomic mass is 32.2. The molecule has 2 aromatic rings. The SMILES string of the molecule is CC(Sc1nc2ccccc2s1)C(=O)N1CCCCC1. The van der Waals surface area contributed by atoms with Gasteiger partial charge < -0.3 is 4.90 Å². The van der Waals surface area contributed by atoms with E-state index < -0.39 is 0 Å². The number of hydrogen-bond acceptors (Lipinski definition) is 4. The molecule has 0 spiro atoms. The van der Waals surface area contributed by atoms with Gasteiger partial charge in [-0.3, -0.25) is 4.79 Å². The molecule has 0 saturated carbocycles. The van der Waals surface area contributed by atoms with Gasteiger partial charge >= 0.3 is 0 Å². The quantitative estimate of drug-likeness (QED) is 0.809. The van der Waals surface area contributed by atoms with Gasteiger partial charge in [-0.05, 0) is 38.3 Å². The molecule has 106 valence electrons. The van der Waals surface area contributed by atoms with Gasteiger partial charge in [-0.1, -0.05) is 23.9 Å². The largest absolute Gasteiger partial charge is 0.342 e. The molecule has 1 unspecified atom stereocenters. The lowest BCUT2D eigenvalue weighted by Gasteiger charge is -2.28. The van der Waals surface area contributed by atoms with Crippen molar-refractivity contribution in [2.24, 2.45) is 0 Å². The zero-order valence-electron chi connectivity index (χ0n) is 11.5. The van der Waals surface area contributed by atoms with E-state index >= 15 is 0 Å². The van der Waals surface area contributed by atoms with Crippen LogP contribution in [-0.2, 0) is 4.79 Å². The molecule has 2 heterocycles. The van der Waals surface area contributed by atoms with Gasteiger partial charge in [0.1, 0.15) is 0 Å². The van der Waals surface area contributed by atoms with Gasteiger partial charge in [-0.25, -0.2) is 4.98 Å². The van der Waals surface area contributed by atoms with Crippen LogP contribution in [0.2, 0.25) is 0 Å². The van der Waals surface area contributed by atoms with Gasteiger partial charge in [0.25, 0.3) is 0 Å². The molecule has 1 aliphatic rings. The number of thiazole rings is 1. The van der Waals surface area contributed by atoms with E-state index in [4.69, 9.17) is 0 Å². The van der Waals surface area contributed by atoms with Crippen molar-refractivity contribution in [1.82, 2.24) is 9.88 Å². The van der Waals surface area contributed by atoms with Crippen LogP contribution < -0.4 is 0 Å². The lowest BCUT2D eigenvalue weighted by atomic mass is 10.1. The number of fused-ring (bicyclic) bond motifs is 1. The molecule has 1 atom stereocenters. The summed E-state index contributed by atoms with van der Waals surface area (Å²) in [5.74, 6) is 0.258. The number of nitrogens with zero attached hydrogens (tertiary/aromatic N) is 2. The molecule has 5 heteroatoms. The van der Waals surface area contributed by atoms with E-state index in [1.54, 1.807) is 23.1 Å². The maximum atomic E-state index is 12.4. The number of carbonyl (C=O) groups excluding carboxylic acids is 1. The molecular weight excluding hydrogens is 288 g/mol. The second-order valence-electron chi connectivity index (χ2n) is 5.09. The summed E-state index contributed by atoms with van der Waals surface area (Å²) in [7, 11) is 0. The second-order valence-corrected chi connectivity index (χ2v) is 7.71. The van der Waals surface area contributed by atoms with Crippen LogP contribution in [0.5, 0.6) is 0 Å². The minimum Gasteiger partial charge on any atom is -0.342 e. The van der Waals surface area contributed by atoms with Gasteiger partial charge in [0.05, 0.1) is 15.5 Å². The first-order valence-corrected chi connectivity index (χ1v) is 8.74. The Labute approximate surface area is 127 Å². The smallest absolute Gasteiger partial charge is 0.235 e. The zero-order chi connectivity index (χ0) is 13.9. The van der Waals surface area contributed by atoms with Crippen molar-refractivity contribution in [3.8, 4) is 0 Å². The van der Waals surface area contributed by atoms with Gasteiger partial charge in [-0.15, -0.1) is 11.3 Å². The van der Waals surface area contributed by atoms with E-state index in [2.05, 4.69) is 11.1 Å². The van der Waals surface area contributed by atoms with Gasteiger partial charge in [0.15, 0.2) is 4.34 Å². The number of hydrogen-bond donors (Lipinski definition) is 0. The van der Waals surface area contributed by atoms with Crippen LogP contribution in [0.4, 0.5) is 0 Å². The third-order valence-electron chi connectivity index (χ3n) is 3.57. The molecule has 0 aliphatic carbocycles. The summed E-state index contributed by atoms with van der Waals surface area (Å²) in [6.07, 6.45) is 3.54. The molecule has 1 amide bonds. The fourth-order valence-electron chi connectivity index (χ4n) is 2.47. The molecule has 3 rings (SSSR count). The number of piperidine rings is 1. The van der Waals surface area contributed by atoms with Gasteiger partial charge in [0.2, 0.25) is 5.91 Å². The van der Waals surface area contributed by atoms with Crippen LogP contribution in [0.3, 0.4) is 0 Å². The number of amides is 1. The topological polar surface area (TPSA) is 33.2 Å². The van der Waals surface area contributed by atoms with E-state index in [0.717, 1.165) is 35.8 Å². The minimum absolute atomic E-state index is 0.0475. The lowest BCUT2D eigenvalue weighted by molar-refractivity contribution is -0.131. The Bertz CT molecular complexity index is 572. The summed E-state index contributed by atoms with van der Waals surface area (Å²) >= 11 is 3.26. The fraction of sp³-hybridized carbons (Fsp3) is 0.467. The maximum Gasteiger partial charge on any atom is 0.235 e. The first-order chi connectivity index (χ1) is 9.74. The van der Waals surface area contributed by atoms with Crippen molar-refractivity contribution in [1.29, 1.82) is 0 Å². The molecule has 0 bridgehead atoms. The predicted octanol–water partition coefficient (Wildman–Crippen LogP) is 3.79. The Hall–Kier alpha value is -1.07. The molecule has 1 aromatic carbocycles. The van der Waals surface area contributed by atoms with E-state index in [0.29, 0.717) is 0 Å². The molecular formula is C15H18N2OS2. The summed E-state index contributed by atoms with van der Waals surface area (Å²) in [4.78, 5) is 19.0. The standard InChI is InChI=1S/C15H18N2OS2/c1-11(14(18)17-9-5-2-6-10-17)19-15-16-12-7-3-4-8-13(12)20-15/h3-4,7-8,11H,2,5-6,9-10H2,1H3. The number of para-hydroxylation sites is 1. The molecule has 0 N–H and O–H groups in total. The van der Waals surface area contributed by atoms with Crippen molar-refractivity contribution < 1.29 is 4.79 Å². The number of rotatable bonds is 3. The number of thioether (sulfide) groups is 1. The first kappa shape index (κ1) is 13.9. The average Bonchev–Trinajstić information content (AvgIpc) is 2.89. The number of carbonyl (C=O) groups is 1. The Morgan fingerprint density at radius 2 is 2.05 bits per heavy atom. The third-order valence-corrected chi connectivity index (χ3v) is 5.79. The van der Waals surface area contributed by atoms with Crippen LogP contribution in [0.1, 0.15) is 26.2 Å². The molecule has 0 radical (unpaired) electrons. The predicted molar refractivity (Wildman–Crippen MR) is 85.4 cm³/mol. The van der Waals surface area contributed by atoms with E-state index in [9.17, 15) is 4.79 Å². The molecule has 1 aromatic heterocycles. The Kier molecular flexibility index (Phi) is 4.27. The fourth-order valence-corrected chi connectivity index (χ4v) is 4.77. The molecule has 1 fully saturated rings. The van der Waals surface area contributed by atoms with Crippen molar-refractivity contribution in [2.75, 3.05) is 13.1 Å². The number of aromatic nitrogens is 1. The Morgan fingerprint density at radius 1 is 1.30 bits per heavy atom. The second kappa shape index (κ2) is 6.14. The van der Waals surface area contributed by atoms with Gasteiger partial charge in [0, 0.05) is 13.1 Å². The highest BCUT2D eigenvalue weighted by Crippen LogP contribution is 2.32. The maximum absolute atomic E-state index is 12.4.